The molecular formula is C43H50N12O7. The quantitative estimate of drug-likeness (QED) is 0.163. The topological polar surface area (TPSA) is 217 Å². The molecular weight excluding hydrogens is 797 g/mol. The Morgan fingerprint density at radius 2 is 1.61 bits per heavy atom. The van der Waals surface area contributed by atoms with E-state index in [0.717, 1.165) is 98.9 Å². The van der Waals surface area contributed by atoms with E-state index in [0.29, 0.717) is 18.8 Å². The van der Waals surface area contributed by atoms with Crippen LogP contribution in [0.1, 0.15) is 87.9 Å². The van der Waals surface area contributed by atoms with Crippen LogP contribution in [-0.2, 0) is 14.4 Å². The van der Waals surface area contributed by atoms with E-state index in [2.05, 4.69) is 45.3 Å². The number of likely N-dealkylation sites (tertiary alicyclic amines) is 1. The minimum atomic E-state index is -1.05. The molecule has 5 aliphatic rings. The van der Waals surface area contributed by atoms with Crippen molar-refractivity contribution < 1.29 is 33.5 Å². The normalized spacial score (nSPS) is 22.4. The number of anilines is 1. The highest BCUT2D eigenvalue weighted by Gasteiger charge is 2.45. The number of carbonyl (C=O) groups is 6. The number of aryl methyl sites for hydroxylation is 1. The lowest BCUT2D eigenvalue weighted by Gasteiger charge is -2.36. The average Bonchev–Trinajstić information content (AvgIpc) is 3.79. The van der Waals surface area contributed by atoms with E-state index in [1.165, 1.54) is 18.2 Å². The zero-order valence-corrected chi connectivity index (χ0v) is 34.6. The molecule has 0 radical (unpaired) electrons. The van der Waals surface area contributed by atoms with Crippen LogP contribution in [0.4, 0.5) is 5.82 Å². The molecule has 3 saturated heterocycles. The molecule has 19 nitrogen and oxygen atoms in total. The fraction of sp³-hybridized carbons (Fsp3) is 0.488. The Labute approximate surface area is 357 Å². The monoisotopic (exact) mass is 846 g/mol. The van der Waals surface area contributed by atoms with Crippen molar-refractivity contribution in [3.05, 3.63) is 71.6 Å². The lowest BCUT2D eigenvalue weighted by atomic mass is 9.86. The zero-order chi connectivity index (χ0) is 42.9. The van der Waals surface area contributed by atoms with E-state index in [1.54, 1.807) is 17.3 Å². The van der Waals surface area contributed by atoms with Gasteiger partial charge in [0.1, 0.15) is 29.3 Å². The second kappa shape index (κ2) is 17.6. The van der Waals surface area contributed by atoms with Crippen molar-refractivity contribution in [1.29, 1.82) is 0 Å². The molecule has 4 aliphatic heterocycles. The first-order valence-corrected chi connectivity index (χ1v) is 21.5. The second-order valence-electron chi connectivity index (χ2n) is 16.8. The summed E-state index contributed by atoms with van der Waals surface area (Å²) < 4.78 is 7.86. The lowest BCUT2D eigenvalue weighted by Crippen LogP contribution is -2.54. The van der Waals surface area contributed by atoms with E-state index in [-0.39, 0.29) is 66.3 Å². The first kappa shape index (κ1) is 41.0. The van der Waals surface area contributed by atoms with Crippen molar-refractivity contribution in [2.75, 3.05) is 64.3 Å². The number of nitrogens with zero attached hydrogens (tertiary/aromatic N) is 9. The van der Waals surface area contributed by atoms with Gasteiger partial charge >= 0.3 is 0 Å². The maximum Gasteiger partial charge on any atom is 0.270 e. The molecule has 19 heteroatoms. The first-order chi connectivity index (χ1) is 30.1. The lowest BCUT2D eigenvalue weighted by molar-refractivity contribution is -0.136. The summed E-state index contributed by atoms with van der Waals surface area (Å²) in [6.45, 7) is 8.34. The van der Waals surface area contributed by atoms with Crippen LogP contribution >= 0.6 is 0 Å². The number of nitrogens with one attached hydrogen (secondary N) is 3. The zero-order valence-electron chi connectivity index (χ0n) is 34.6. The maximum absolute atomic E-state index is 13.1. The summed E-state index contributed by atoms with van der Waals surface area (Å²) in [6.07, 6.45) is 8.17. The standard InChI is InChI=1S/C43H50N12O7/c1-26-4-2-5-33(47-26)40(58)49-28-20-29(21-28)54-25-46-37-38(44-24-45-39(37)54)48-27-10-14-51(15-11-27)12-3-13-52-16-18-53(19-17-52)36(57)23-62-30-6-7-31-32(22-30)43(61)55(42(31)60)34-8-9-35(56)50-41(34)59/h2,4-7,22,24-25,27-29,34H,3,8-21,23H2,1H3,(H,49,58)(H,44,45,48)(H,50,56,59)/t28?,29?,34-/m0/s1. The van der Waals surface area contributed by atoms with Gasteiger partial charge in [0, 0.05) is 69.5 Å². The van der Waals surface area contributed by atoms with Crippen LogP contribution in [0.15, 0.2) is 49.1 Å². The van der Waals surface area contributed by atoms with Crippen LogP contribution in [0.2, 0.25) is 0 Å². The Hall–Kier alpha value is -6.34. The molecule has 0 bridgehead atoms. The summed E-state index contributed by atoms with van der Waals surface area (Å²) in [5, 5.41) is 8.93. The molecule has 4 aromatic rings. The Kier molecular flexibility index (Phi) is 11.6. The van der Waals surface area contributed by atoms with Crippen LogP contribution < -0.4 is 20.7 Å². The van der Waals surface area contributed by atoms with Gasteiger partial charge in [-0.15, -0.1) is 0 Å². The molecule has 3 aromatic heterocycles. The number of hydrogen-bond acceptors (Lipinski definition) is 14. The molecule has 0 spiro atoms. The average molecular weight is 847 g/mol. The Balaban J connectivity index is 0.665. The molecule has 1 aromatic carbocycles. The number of carbonyl (C=O) groups excluding carboxylic acids is 6. The summed E-state index contributed by atoms with van der Waals surface area (Å²) >= 11 is 0. The Bertz CT molecular complexity index is 2400. The molecule has 0 unspecified atom stereocenters. The Morgan fingerprint density at radius 3 is 2.37 bits per heavy atom. The van der Waals surface area contributed by atoms with Gasteiger partial charge < -0.3 is 29.7 Å². The number of ether oxygens (including phenoxy) is 1. The number of piperidine rings is 2. The van der Waals surface area contributed by atoms with Crippen molar-refractivity contribution in [3.63, 3.8) is 0 Å². The molecule has 6 amide bonds. The van der Waals surface area contributed by atoms with Gasteiger partial charge in [0.2, 0.25) is 11.8 Å². The summed E-state index contributed by atoms with van der Waals surface area (Å²) in [7, 11) is 0. The molecule has 324 valence electrons. The third kappa shape index (κ3) is 8.58. The number of fused-ring (bicyclic) bond motifs is 2. The summed E-state index contributed by atoms with van der Waals surface area (Å²) in [6, 6.07) is 9.40. The molecule has 3 N–H and O–H groups in total. The smallest absolute Gasteiger partial charge is 0.270 e. The number of benzene rings is 1. The largest absolute Gasteiger partial charge is 0.484 e. The van der Waals surface area contributed by atoms with Crippen LogP contribution in [0.25, 0.3) is 11.2 Å². The van der Waals surface area contributed by atoms with Crippen molar-refractivity contribution in [1.82, 2.24) is 54.7 Å². The van der Waals surface area contributed by atoms with Crippen molar-refractivity contribution in [3.8, 4) is 5.75 Å². The third-order valence-corrected chi connectivity index (χ3v) is 12.7. The predicted octanol–water partition coefficient (Wildman–Crippen LogP) is 1.55. The fourth-order valence-corrected chi connectivity index (χ4v) is 9.10. The van der Waals surface area contributed by atoms with E-state index in [9.17, 15) is 28.8 Å². The molecule has 7 heterocycles. The van der Waals surface area contributed by atoms with E-state index in [1.807, 2.05) is 25.4 Å². The fourth-order valence-electron chi connectivity index (χ4n) is 9.10. The molecule has 9 rings (SSSR count). The number of aromatic nitrogens is 5. The molecule has 1 aliphatic carbocycles. The highest BCUT2D eigenvalue weighted by Crippen LogP contribution is 2.35. The van der Waals surface area contributed by atoms with E-state index >= 15 is 0 Å². The molecule has 62 heavy (non-hydrogen) atoms. The highest BCUT2D eigenvalue weighted by atomic mass is 16.5. The number of pyridine rings is 1. The summed E-state index contributed by atoms with van der Waals surface area (Å²) in [4.78, 5) is 101. The number of amides is 6. The SMILES string of the molecule is Cc1cccc(C(=O)NC2CC(n3cnc4c(NC5CCN(CCCN6CCN(C(=O)COc7ccc8c(c7)C(=O)N([C@H]7CCC(=O)NC7=O)C8=O)CC6)CC5)ncnc43)C2)n1. The third-order valence-electron chi connectivity index (χ3n) is 12.7. The van der Waals surface area contributed by atoms with E-state index in [4.69, 9.17) is 9.72 Å². The molecule has 1 saturated carbocycles. The number of imidazole rings is 1. The van der Waals surface area contributed by atoms with Crippen molar-refractivity contribution >= 4 is 52.4 Å². The number of piperazine rings is 1. The maximum atomic E-state index is 13.1. The first-order valence-electron chi connectivity index (χ1n) is 21.5. The van der Waals surface area contributed by atoms with Crippen molar-refractivity contribution in [2.24, 2.45) is 0 Å². The van der Waals surface area contributed by atoms with Crippen LogP contribution in [0.3, 0.4) is 0 Å². The van der Waals surface area contributed by atoms with Gasteiger partial charge in [-0.25, -0.2) is 19.9 Å². The van der Waals surface area contributed by atoms with Gasteiger partial charge in [0.05, 0.1) is 17.5 Å². The van der Waals surface area contributed by atoms with Crippen LogP contribution in [0, 0.1) is 6.92 Å². The number of imide groups is 2. The Morgan fingerprint density at radius 1 is 0.855 bits per heavy atom. The van der Waals surface area contributed by atoms with Crippen LogP contribution in [0.5, 0.6) is 5.75 Å². The van der Waals surface area contributed by atoms with Gasteiger partial charge in [-0.05, 0) is 88.9 Å². The van der Waals surface area contributed by atoms with E-state index < -0.39 is 29.7 Å². The van der Waals surface area contributed by atoms with Gasteiger partial charge in [-0.3, -0.25) is 43.9 Å². The van der Waals surface area contributed by atoms with Gasteiger partial charge in [-0.1, -0.05) is 6.07 Å². The number of rotatable bonds is 13. The van der Waals surface area contributed by atoms with Gasteiger partial charge in [-0.2, -0.15) is 0 Å². The summed E-state index contributed by atoms with van der Waals surface area (Å²) in [5.74, 6) is -1.59. The second-order valence-corrected chi connectivity index (χ2v) is 16.8. The number of hydrogen-bond donors (Lipinski definition) is 3. The summed E-state index contributed by atoms with van der Waals surface area (Å²) in [5.41, 5.74) is 3.07. The minimum Gasteiger partial charge on any atom is -0.484 e. The molecule has 4 fully saturated rings. The minimum absolute atomic E-state index is 0.0425. The van der Waals surface area contributed by atoms with Crippen molar-refractivity contribution in [2.45, 2.75) is 76.0 Å². The van der Waals surface area contributed by atoms with Crippen LogP contribution in [-0.4, -0.2) is 157 Å². The highest BCUT2D eigenvalue weighted by molar-refractivity contribution is 6.23. The van der Waals surface area contributed by atoms with Gasteiger partial charge in [0.25, 0.3) is 23.6 Å². The predicted molar refractivity (Wildman–Crippen MR) is 223 cm³/mol. The molecule has 1 atom stereocenters. The van der Waals surface area contributed by atoms with Gasteiger partial charge in [0.15, 0.2) is 18.1 Å².